The van der Waals surface area contributed by atoms with Gasteiger partial charge in [-0.15, -0.1) is 0 Å². The van der Waals surface area contributed by atoms with Crippen molar-refractivity contribution >= 4 is 17.3 Å². The van der Waals surface area contributed by atoms with E-state index in [0.29, 0.717) is 12.1 Å². The third-order valence-electron chi connectivity index (χ3n) is 2.90. The van der Waals surface area contributed by atoms with Gasteiger partial charge in [-0.05, 0) is 32.0 Å². The smallest absolute Gasteiger partial charge is 0.0426 e. The van der Waals surface area contributed by atoms with Crippen LogP contribution in [0.15, 0.2) is 24.3 Å². The molecule has 3 heteroatoms. The Hall–Kier alpha value is -0.730. The van der Waals surface area contributed by atoms with Crippen LogP contribution in [0.3, 0.4) is 0 Å². The highest BCUT2D eigenvalue weighted by molar-refractivity contribution is 6.30. The van der Waals surface area contributed by atoms with Crippen LogP contribution in [-0.4, -0.2) is 25.2 Å². The molecule has 0 saturated carbocycles. The molecule has 2 unspecified atom stereocenters. The molecule has 2 rings (SSSR count). The summed E-state index contributed by atoms with van der Waals surface area (Å²) in [6.45, 7) is 6.53. The zero-order chi connectivity index (χ0) is 10.8. The summed E-state index contributed by atoms with van der Waals surface area (Å²) >= 11 is 6.01. The molecule has 1 heterocycles. The van der Waals surface area contributed by atoms with Crippen molar-refractivity contribution in [1.82, 2.24) is 5.32 Å². The van der Waals surface area contributed by atoms with Crippen molar-refractivity contribution in [1.29, 1.82) is 0 Å². The molecule has 15 heavy (non-hydrogen) atoms. The lowest BCUT2D eigenvalue weighted by molar-refractivity contribution is 0.425. The molecule has 0 amide bonds. The molecule has 0 aliphatic carbocycles. The average molecular weight is 225 g/mol. The Morgan fingerprint density at radius 3 is 2.93 bits per heavy atom. The first-order valence-electron chi connectivity index (χ1n) is 5.42. The third-order valence-corrected chi connectivity index (χ3v) is 3.14. The highest BCUT2D eigenvalue weighted by Gasteiger charge is 2.22. The fourth-order valence-electron chi connectivity index (χ4n) is 2.04. The second-order valence-electron chi connectivity index (χ2n) is 4.29. The Kier molecular flexibility index (Phi) is 3.17. The van der Waals surface area contributed by atoms with Crippen LogP contribution in [0.4, 0.5) is 5.69 Å². The van der Waals surface area contributed by atoms with E-state index in [1.807, 2.05) is 18.2 Å². The van der Waals surface area contributed by atoms with E-state index in [4.69, 9.17) is 11.6 Å². The fraction of sp³-hybridized carbons (Fsp3) is 0.500. The van der Waals surface area contributed by atoms with E-state index in [2.05, 4.69) is 30.1 Å². The number of benzene rings is 1. The molecule has 0 aromatic heterocycles. The van der Waals surface area contributed by atoms with E-state index in [-0.39, 0.29) is 0 Å². The van der Waals surface area contributed by atoms with Gasteiger partial charge in [-0.25, -0.2) is 0 Å². The van der Waals surface area contributed by atoms with Crippen molar-refractivity contribution in [2.45, 2.75) is 25.9 Å². The van der Waals surface area contributed by atoms with Crippen LogP contribution in [0.2, 0.25) is 5.02 Å². The zero-order valence-electron chi connectivity index (χ0n) is 9.20. The Bertz CT molecular complexity index is 340. The Morgan fingerprint density at radius 2 is 2.20 bits per heavy atom. The molecule has 0 radical (unpaired) electrons. The highest BCUT2D eigenvalue weighted by Crippen LogP contribution is 2.22. The summed E-state index contributed by atoms with van der Waals surface area (Å²) in [5.41, 5.74) is 1.23. The first kappa shape index (κ1) is 10.8. The summed E-state index contributed by atoms with van der Waals surface area (Å²) in [6.07, 6.45) is 0. The second kappa shape index (κ2) is 4.42. The van der Waals surface area contributed by atoms with Gasteiger partial charge < -0.3 is 10.2 Å². The van der Waals surface area contributed by atoms with Gasteiger partial charge in [0.2, 0.25) is 0 Å². The van der Waals surface area contributed by atoms with Crippen LogP contribution in [0.1, 0.15) is 13.8 Å². The molecule has 2 nitrogen and oxygen atoms in total. The maximum atomic E-state index is 6.01. The van der Waals surface area contributed by atoms with Crippen molar-refractivity contribution in [2.24, 2.45) is 0 Å². The molecule has 1 aromatic carbocycles. The van der Waals surface area contributed by atoms with E-state index in [1.54, 1.807) is 0 Å². The molecule has 1 saturated heterocycles. The van der Waals surface area contributed by atoms with Crippen molar-refractivity contribution in [3.63, 3.8) is 0 Å². The number of anilines is 1. The van der Waals surface area contributed by atoms with Crippen molar-refractivity contribution in [2.75, 3.05) is 18.0 Å². The van der Waals surface area contributed by atoms with Crippen molar-refractivity contribution in [3.05, 3.63) is 29.3 Å². The quantitative estimate of drug-likeness (QED) is 0.789. The van der Waals surface area contributed by atoms with Crippen LogP contribution in [0, 0.1) is 0 Å². The zero-order valence-corrected chi connectivity index (χ0v) is 9.96. The van der Waals surface area contributed by atoms with Crippen LogP contribution >= 0.6 is 11.6 Å². The molecule has 1 fully saturated rings. The molecule has 1 N–H and O–H groups in total. The molecule has 1 aromatic rings. The van der Waals surface area contributed by atoms with Crippen molar-refractivity contribution < 1.29 is 0 Å². The molecule has 1 aliphatic rings. The van der Waals surface area contributed by atoms with Crippen LogP contribution < -0.4 is 10.2 Å². The number of hydrogen-bond acceptors (Lipinski definition) is 2. The normalized spacial score (nSPS) is 26.7. The second-order valence-corrected chi connectivity index (χ2v) is 4.73. The minimum absolute atomic E-state index is 0.527. The van der Waals surface area contributed by atoms with Gasteiger partial charge in [0, 0.05) is 35.9 Å². The molecular formula is C12H17ClN2. The van der Waals surface area contributed by atoms with Gasteiger partial charge in [0.05, 0.1) is 0 Å². The van der Waals surface area contributed by atoms with Gasteiger partial charge in [0.25, 0.3) is 0 Å². The SMILES string of the molecule is CC1CN(c2cccc(Cl)c2)C(C)CN1. The average Bonchev–Trinajstić information content (AvgIpc) is 2.22. The Balaban J connectivity index is 2.21. The summed E-state index contributed by atoms with van der Waals surface area (Å²) in [5, 5.41) is 4.28. The molecule has 1 aliphatic heterocycles. The van der Waals surface area contributed by atoms with Gasteiger partial charge in [0.1, 0.15) is 0 Å². The number of nitrogens with zero attached hydrogens (tertiary/aromatic N) is 1. The topological polar surface area (TPSA) is 15.3 Å². The van der Waals surface area contributed by atoms with E-state index in [9.17, 15) is 0 Å². The number of halogens is 1. The lowest BCUT2D eigenvalue weighted by atomic mass is 10.1. The highest BCUT2D eigenvalue weighted by atomic mass is 35.5. The summed E-state index contributed by atoms with van der Waals surface area (Å²) < 4.78 is 0. The summed E-state index contributed by atoms with van der Waals surface area (Å²) in [5.74, 6) is 0. The minimum atomic E-state index is 0.527. The van der Waals surface area contributed by atoms with Gasteiger partial charge >= 0.3 is 0 Å². The van der Waals surface area contributed by atoms with Gasteiger partial charge in [0.15, 0.2) is 0 Å². The molecule has 0 bridgehead atoms. The number of rotatable bonds is 1. The van der Waals surface area contributed by atoms with Crippen LogP contribution in [0.5, 0.6) is 0 Å². The monoisotopic (exact) mass is 224 g/mol. The number of nitrogens with one attached hydrogen (secondary N) is 1. The van der Waals surface area contributed by atoms with E-state index in [0.717, 1.165) is 18.1 Å². The lowest BCUT2D eigenvalue weighted by Gasteiger charge is -2.39. The molecule has 2 atom stereocenters. The summed E-state index contributed by atoms with van der Waals surface area (Å²) in [6, 6.07) is 9.16. The summed E-state index contributed by atoms with van der Waals surface area (Å²) in [4.78, 5) is 2.41. The predicted octanol–water partition coefficient (Wildman–Crippen LogP) is 2.53. The Labute approximate surface area is 96.2 Å². The first-order chi connectivity index (χ1) is 7.16. The molecular weight excluding hydrogens is 208 g/mol. The Morgan fingerprint density at radius 1 is 1.40 bits per heavy atom. The lowest BCUT2D eigenvalue weighted by Crippen LogP contribution is -2.54. The largest absolute Gasteiger partial charge is 0.366 e. The van der Waals surface area contributed by atoms with Crippen LogP contribution in [0.25, 0.3) is 0 Å². The van der Waals surface area contributed by atoms with Crippen LogP contribution in [-0.2, 0) is 0 Å². The fourth-order valence-corrected chi connectivity index (χ4v) is 2.22. The van der Waals surface area contributed by atoms with Gasteiger partial charge in [-0.3, -0.25) is 0 Å². The van der Waals surface area contributed by atoms with Gasteiger partial charge in [-0.2, -0.15) is 0 Å². The van der Waals surface area contributed by atoms with E-state index < -0.39 is 0 Å². The van der Waals surface area contributed by atoms with E-state index >= 15 is 0 Å². The number of hydrogen-bond donors (Lipinski definition) is 1. The molecule has 82 valence electrons. The van der Waals surface area contributed by atoms with Gasteiger partial charge in [-0.1, -0.05) is 17.7 Å². The van der Waals surface area contributed by atoms with E-state index in [1.165, 1.54) is 5.69 Å². The third kappa shape index (κ3) is 2.44. The standard InChI is InChI=1S/C12H17ClN2/c1-9-8-15(10(2)7-14-9)12-5-3-4-11(13)6-12/h3-6,9-10,14H,7-8H2,1-2H3. The maximum absolute atomic E-state index is 6.01. The maximum Gasteiger partial charge on any atom is 0.0426 e. The number of piperazine rings is 1. The summed E-state index contributed by atoms with van der Waals surface area (Å²) in [7, 11) is 0. The van der Waals surface area contributed by atoms with Crippen molar-refractivity contribution in [3.8, 4) is 0 Å². The first-order valence-corrected chi connectivity index (χ1v) is 5.80. The minimum Gasteiger partial charge on any atom is -0.366 e. The predicted molar refractivity (Wildman–Crippen MR) is 65.7 cm³/mol. The molecule has 0 spiro atoms.